The first-order chi connectivity index (χ1) is 9.74. The first kappa shape index (κ1) is 13.4. The Kier molecular flexibility index (Phi) is 3.92. The molecule has 4 heteroatoms. The van der Waals surface area contributed by atoms with E-state index in [1.165, 1.54) is 5.56 Å². The minimum atomic E-state index is -0.398. The maximum atomic E-state index is 12.4. The van der Waals surface area contributed by atoms with Gasteiger partial charge in [0.15, 0.2) is 0 Å². The van der Waals surface area contributed by atoms with Gasteiger partial charge in [0.05, 0.1) is 12.1 Å². The maximum Gasteiger partial charge on any atom is 0.243 e. The molecule has 1 amide bonds. The van der Waals surface area contributed by atoms with Crippen molar-refractivity contribution in [1.29, 1.82) is 0 Å². The van der Waals surface area contributed by atoms with Crippen LogP contribution in [-0.4, -0.2) is 29.2 Å². The molecule has 20 heavy (non-hydrogen) atoms. The highest BCUT2D eigenvalue weighted by molar-refractivity contribution is 5.87. The Morgan fingerprint density at radius 2 is 2.00 bits per heavy atom. The van der Waals surface area contributed by atoms with E-state index in [0.717, 1.165) is 44.2 Å². The van der Waals surface area contributed by atoms with Crippen LogP contribution in [0, 0.1) is 0 Å². The number of aliphatic hydroxyl groups is 1. The quantitative estimate of drug-likeness (QED) is 0.721. The highest BCUT2D eigenvalue weighted by Crippen LogP contribution is 2.25. The lowest BCUT2D eigenvalue weighted by atomic mass is 10.0. The van der Waals surface area contributed by atoms with Gasteiger partial charge in [-0.05, 0) is 24.5 Å². The second kappa shape index (κ2) is 5.83. The number of anilines is 1. The first-order valence-corrected chi connectivity index (χ1v) is 7.57. The number of para-hydroxylation sites is 1. The van der Waals surface area contributed by atoms with E-state index in [1.54, 1.807) is 0 Å². The first-order valence-electron chi connectivity index (χ1n) is 7.57. The standard InChI is InChI=1S/C16H22N2O2/c19-15-9-3-1-2-8-13(15)18-16(20)14-10-11-6-4-5-7-12(11)17-14/h4-7,13-15,17,19H,1-3,8-10H2,(H,18,20). The molecule has 1 fully saturated rings. The van der Waals surface area contributed by atoms with E-state index in [4.69, 9.17) is 0 Å². The SMILES string of the molecule is O=C(NC1CCCCCC1O)C1Cc2ccccc2N1. The Balaban J connectivity index is 1.60. The van der Waals surface area contributed by atoms with Crippen LogP contribution in [0.3, 0.4) is 0 Å². The van der Waals surface area contributed by atoms with E-state index in [9.17, 15) is 9.90 Å². The van der Waals surface area contributed by atoms with E-state index >= 15 is 0 Å². The average molecular weight is 274 g/mol. The van der Waals surface area contributed by atoms with Gasteiger partial charge in [-0.1, -0.05) is 37.5 Å². The van der Waals surface area contributed by atoms with Crippen LogP contribution < -0.4 is 10.6 Å². The molecule has 0 saturated heterocycles. The Morgan fingerprint density at radius 1 is 1.20 bits per heavy atom. The van der Waals surface area contributed by atoms with Gasteiger partial charge in [-0.3, -0.25) is 4.79 Å². The van der Waals surface area contributed by atoms with Gasteiger partial charge in [0, 0.05) is 12.1 Å². The van der Waals surface area contributed by atoms with Gasteiger partial charge in [0.25, 0.3) is 0 Å². The molecule has 1 saturated carbocycles. The topological polar surface area (TPSA) is 61.4 Å². The summed E-state index contributed by atoms with van der Waals surface area (Å²) < 4.78 is 0. The van der Waals surface area contributed by atoms with Gasteiger partial charge in [-0.2, -0.15) is 0 Å². The van der Waals surface area contributed by atoms with Crippen molar-refractivity contribution in [3.8, 4) is 0 Å². The maximum absolute atomic E-state index is 12.4. The monoisotopic (exact) mass is 274 g/mol. The summed E-state index contributed by atoms with van der Waals surface area (Å²) in [5, 5.41) is 16.4. The summed E-state index contributed by atoms with van der Waals surface area (Å²) in [4.78, 5) is 12.4. The van der Waals surface area contributed by atoms with Crippen molar-refractivity contribution in [3.63, 3.8) is 0 Å². The summed E-state index contributed by atoms with van der Waals surface area (Å²) in [5.41, 5.74) is 2.24. The molecule has 2 aliphatic rings. The zero-order valence-corrected chi connectivity index (χ0v) is 11.6. The lowest BCUT2D eigenvalue weighted by Gasteiger charge is -2.23. The molecule has 0 radical (unpaired) electrons. The van der Waals surface area contributed by atoms with Crippen molar-refractivity contribution >= 4 is 11.6 Å². The van der Waals surface area contributed by atoms with Crippen molar-refractivity contribution in [3.05, 3.63) is 29.8 Å². The molecule has 3 atom stereocenters. The zero-order chi connectivity index (χ0) is 13.9. The van der Waals surface area contributed by atoms with Crippen LogP contribution in [-0.2, 0) is 11.2 Å². The van der Waals surface area contributed by atoms with E-state index in [2.05, 4.69) is 16.7 Å². The van der Waals surface area contributed by atoms with Crippen LogP contribution in [0.4, 0.5) is 5.69 Å². The van der Waals surface area contributed by atoms with Crippen molar-refractivity contribution < 1.29 is 9.90 Å². The second-order valence-electron chi connectivity index (χ2n) is 5.88. The predicted molar refractivity (Wildman–Crippen MR) is 78.6 cm³/mol. The van der Waals surface area contributed by atoms with Crippen LogP contribution in [0.5, 0.6) is 0 Å². The van der Waals surface area contributed by atoms with Crippen LogP contribution >= 0.6 is 0 Å². The molecule has 108 valence electrons. The normalized spacial score (nSPS) is 29.1. The third kappa shape index (κ3) is 2.80. The number of hydrogen-bond donors (Lipinski definition) is 3. The molecule has 3 N–H and O–H groups in total. The van der Waals surface area contributed by atoms with Gasteiger partial charge >= 0.3 is 0 Å². The summed E-state index contributed by atoms with van der Waals surface area (Å²) in [7, 11) is 0. The van der Waals surface area contributed by atoms with Gasteiger partial charge in [-0.15, -0.1) is 0 Å². The van der Waals surface area contributed by atoms with Crippen molar-refractivity contribution in [2.75, 3.05) is 5.32 Å². The highest BCUT2D eigenvalue weighted by atomic mass is 16.3. The number of hydrogen-bond acceptors (Lipinski definition) is 3. The third-order valence-electron chi connectivity index (χ3n) is 4.39. The van der Waals surface area contributed by atoms with E-state index < -0.39 is 6.10 Å². The Hall–Kier alpha value is -1.55. The summed E-state index contributed by atoms with van der Waals surface area (Å²) in [6.45, 7) is 0. The lowest BCUT2D eigenvalue weighted by molar-refractivity contribution is -0.123. The van der Waals surface area contributed by atoms with Crippen LogP contribution in [0.1, 0.15) is 37.7 Å². The molecule has 1 aliphatic carbocycles. The van der Waals surface area contributed by atoms with Crippen molar-refractivity contribution in [1.82, 2.24) is 5.32 Å². The number of benzene rings is 1. The molecule has 1 aliphatic heterocycles. The number of amides is 1. The van der Waals surface area contributed by atoms with Crippen LogP contribution in [0.2, 0.25) is 0 Å². The number of carbonyl (C=O) groups excluding carboxylic acids is 1. The summed E-state index contributed by atoms with van der Waals surface area (Å²) in [6.07, 6.45) is 5.29. The molecule has 0 spiro atoms. The van der Waals surface area contributed by atoms with E-state index in [-0.39, 0.29) is 18.0 Å². The number of nitrogens with one attached hydrogen (secondary N) is 2. The van der Waals surface area contributed by atoms with E-state index in [1.807, 2.05) is 18.2 Å². The predicted octanol–water partition coefficient (Wildman–Crippen LogP) is 1.83. The fourth-order valence-electron chi connectivity index (χ4n) is 3.20. The minimum Gasteiger partial charge on any atom is -0.391 e. The van der Waals surface area contributed by atoms with Gasteiger partial charge in [-0.25, -0.2) is 0 Å². The third-order valence-corrected chi connectivity index (χ3v) is 4.39. The summed E-state index contributed by atoms with van der Waals surface area (Å²) in [6, 6.07) is 7.73. The average Bonchev–Trinajstić information content (AvgIpc) is 2.79. The molecule has 1 aromatic rings. The fourth-order valence-corrected chi connectivity index (χ4v) is 3.20. The zero-order valence-electron chi connectivity index (χ0n) is 11.6. The smallest absolute Gasteiger partial charge is 0.243 e. The van der Waals surface area contributed by atoms with Gasteiger partial charge in [0.2, 0.25) is 5.91 Å². The van der Waals surface area contributed by atoms with Gasteiger partial charge in [0.1, 0.15) is 6.04 Å². The molecule has 1 heterocycles. The fraction of sp³-hybridized carbons (Fsp3) is 0.562. The summed E-state index contributed by atoms with van der Waals surface area (Å²) >= 11 is 0. The number of rotatable bonds is 2. The lowest BCUT2D eigenvalue weighted by Crippen LogP contribution is -2.48. The molecule has 1 aromatic carbocycles. The number of fused-ring (bicyclic) bond motifs is 1. The molecule has 3 unspecified atom stereocenters. The molecule has 4 nitrogen and oxygen atoms in total. The molecule has 0 bridgehead atoms. The molecule has 3 rings (SSSR count). The highest BCUT2D eigenvalue weighted by Gasteiger charge is 2.30. The largest absolute Gasteiger partial charge is 0.391 e. The molecular formula is C16H22N2O2. The van der Waals surface area contributed by atoms with Crippen molar-refractivity contribution in [2.24, 2.45) is 0 Å². The van der Waals surface area contributed by atoms with Crippen molar-refractivity contribution in [2.45, 2.75) is 56.7 Å². The molecular weight excluding hydrogens is 252 g/mol. The second-order valence-corrected chi connectivity index (χ2v) is 5.88. The minimum absolute atomic E-state index is 0.00662. The summed E-state index contributed by atoms with van der Waals surface area (Å²) in [5.74, 6) is 0.00662. The Labute approximate surface area is 119 Å². The van der Waals surface area contributed by atoms with Gasteiger partial charge < -0.3 is 15.7 Å². The molecule has 0 aromatic heterocycles. The number of aliphatic hydroxyl groups excluding tert-OH is 1. The number of carbonyl (C=O) groups is 1. The Morgan fingerprint density at radius 3 is 2.85 bits per heavy atom. The van der Waals surface area contributed by atoms with E-state index in [0.29, 0.717) is 0 Å². The van der Waals surface area contributed by atoms with Crippen LogP contribution in [0.15, 0.2) is 24.3 Å². The van der Waals surface area contributed by atoms with Crippen LogP contribution in [0.25, 0.3) is 0 Å². The Bertz CT molecular complexity index is 464.